The highest BCUT2D eigenvalue weighted by atomic mass is 16.5. The lowest BCUT2D eigenvalue weighted by Crippen LogP contribution is -2.38. The Morgan fingerprint density at radius 2 is 2.16 bits per heavy atom. The Balaban J connectivity index is 1.46. The first-order chi connectivity index (χ1) is 12.0. The van der Waals surface area contributed by atoms with Gasteiger partial charge in [0.1, 0.15) is 5.60 Å². The molecule has 5 nitrogen and oxygen atoms in total. The largest absolute Gasteiger partial charge is 0.471 e. The minimum atomic E-state index is -0.190. The van der Waals surface area contributed by atoms with Gasteiger partial charge in [0.15, 0.2) is 0 Å². The molecular weight excluding hydrogens is 314 g/mol. The maximum absolute atomic E-state index is 12.5. The standard InChI is InChI=1S/C20H23N3O2/c1-19(2)13-20(6-7-20)16-10-15(12-23-18(16)25-19)17(24)22-9-5-14-4-3-8-21-11-14/h3-4,8,10-12H,5-7,9,13H2,1-2H3,(H,22,24). The third kappa shape index (κ3) is 3.23. The fourth-order valence-corrected chi connectivity index (χ4v) is 3.81. The van der Waals surface area contributed by atoms with Crippen LogP contribution >= 0.6 is 0 Å². The van der Waals surface area contributed by atoms with Gasteiger partial charge in [-0.05, 0) is 57.2 Å². The molecule has 1 fully saturated rings. The maximum Gasteiger partial charge on any atom is 0.252 e. The van der Waals surface area contributed by atoms with Crippen molar-refractivity contribution in [2.24, 2.45) is 0 Å². The second kappa shape index (κ2) is 5.83. The predicted molar refractivity (Wildman–Crippen MR) is 94.7 cm³/mol. The monoisotopic (exact) mass is 337 g/mol. The topological polar surface area (TPSA) is 64.1 Å². The highest BCUT2D eigenvalue weighted by Crippen LogP contribution is 2.58. The molecule has 2 aliphatic rings. The molecule has 0 atom stereocenters. The molecule has 5 heteroatoms. The third-order valence-corrected chi connectivity index (χ3v) is 5.10. The lowest BCUT2D eigenvalue weighted by molar-refractivity contribution is 0.0609. The lowest BCUT2D eigenvalue weighted by atomic mass is 9.82. The summed E-state index contributed by atoms with van der Waals surface area (Å²) in [6.07, 6.45) is 9.25. The van der Waals surface area contributed by atoms with Crippen LogP contribution in [0.3, 0.4) is 0 Å². The summed E-state index contributed by atoms with van der Waals surface area (Å²) in [7, 11) is 0. The summed E-state index contributed by atoms with van der Waals surface area (Å²) >= 11 is 0. The Hall–Kier alpha value is -2.43. The second-order valence-electron chi connectivity index (χ2n) is 7.76. The van der Waals surface area contributed by atoms with Gasteiger partial charge in [-0.1, -0.05) is 6.07 Å². The van der Waals surface area contributed by atoms with E-state index in [-0.39, 0.29) is 16.9 Å². The molecular formula is C20H23N3O2. The smallest absolute Gasteiger partial charge is 0.252 e. The molecule has 1 aliphatic heterocycles. The van der Waals surface area contributed by atoms with E-state index in [9.17, 15) is 4.79 Å². The fourth-order valence-electron chi connectivity index (χ4n) is 3.81. The summed E-state index contributed by atoms with van der Waals surface area (Å²) in [6.45, 7) is 4.80. The van der Waals surface area contributed by atoms with Crippen LogP contribution in [0.2, 0.25) is 0 Å². The van der Waals surface area contributed by atoms with Crippen molar-refractivity contribution in [3.05, 3.63) is 53.5 Å². The van der Waals surface area contributed by atoms with E-state index in [1.807, 2.05) is 24.4 Å². The summed E-state index contributed by atoms with van der Waals surface area (Å²) in [5, 5.41) is 2.97. The molecule has 0 aromatic carbocycles. The summed E-state index contributed by atoms with van der Waals surface area (Å²) in [5.41, 5.74) is 2.80. The molecule has 0 bridgehead atoms. The van der Waals surface area contributed by atoms with E-state index >= 15 is 0 Å². The number of amides is 1. The van der Waals surface area contributed by atoms with Gasteiger partial charge in [0.2, 0.25) is 5.88 Å². The summed E-state index contributed by atoms with van der Waals surface area (Å²) in [6, 6.07) is 5.89. The summed E-state index contributed by atoms with van der Waals surface area (Å²) < 4.78 is 6.02. The van der Waals surface area contributed by atoms with Crippen molar-refractivity contribution in [2.45, 2.75) is 50.5 Å². The van der Waals surface area contributed by atoms with Crippen molar-refractivity contribution in [1.29, 1.82) is 0 Å². The molecule has 2 aromatic heterocycles. The molecule has 0 saturated heterocycles. The number of rotatable bonds is 4. The number of ether oxygens (including phenoxy) is 1. The number of aromatic nitrogens is 2. The molecule has 130 valence electrons. The van der Waals surface area contributed by atoms with Crippen LogP contribution in [0.5, 0.6) is 5.88 Å². The van der Waals surface area contributed by atoms with Crippen molar-refractivity contribution in [1.82, 2.24) is 15.3 Å². The van der Waals surface area contributed by atoms with Crippen LogP contribution in [-0.2, 0) is 11.8 Å². The maximum atomic E-state index is 12.5. The molecule has 0 radical (unpaired) electrons. The average molecular weight is 337 g/mol. The first-order valence-corrected chi connectivity index (χ1v) is 8.84. The molecule has 1 amide bonds. The van der Waals surface area contributed by atoms with E-state index in [1.165, 1.54) is 0 Å². The lowest BCUT2D eigenvalue weighted by Gasteiger charge is -2.37. The molecule has 4 rings (SSSR count). The number of nitrogens with zero attached hydrogens (tertiary/aromatic N) is 2. The van der Waals surface area contributed by atoms with E-state index in [2.05, 4.69) is 29.1 Å². The van der Waals surface area contributed by atoms with Crippen molar-refractivity contribution in [3.63, 3.8) is 0 Å². The zero-order valence-corrected chi connectivity index (χ0v) is 14.7. The number of pyridine rings is 2. The molecule has 0 unspecified atom stereocenters. The van der Waals surface area contributed by atoms with Gasteiger partial charge in [-0.3, -0.25) is 9.78 Å². The van der Waals surface area contributed by atoms with Crippen molar-refractivity contribution in [2.75, 3.05) is 6.54 Å². The van der Waals surface area contributed by atoms with Gasteiger partial charge in [-0.2, -0.15) is 0 Å². The Labute approximate surface area is 147 Å². The SMILES string of the molecule is CC1(C)CC2(CC2)c2cc(C(=O)NCCc3cccnc3)cnc2O1. The molecule has 1 N–H and O–H groups in total. The summed E-state index contributed by atoms with van der Waals surface area (Å²) in [5.74, 6) is 0.612. The van der Waals surface area contributed by atoms with Gasteiger partial charge in [0.05, 0.1) is 5.56 Å². The highest BCUT2D eigenvalue weighted by molar-refractivity contribution is 5.94. The average Bonchev–Trinajstić information content (AvgIpc) is 3.34. The number of carbonyl (C=O) groups is 1. The molecule has 1 saturated carbocycles. The van der Waals surface area contributed by atoms with Gasteiger partial charge in [-0.15, -0.1) is 0 Å². The Bertz CT molecular complexity index is 798. The van der Waals surface area contributed by atoms with Crippen LogP contribution in [0.25, 0.3) is 0 Å². The van der Waals surface area contributed by atoms with Crippen LogP contribution < -0.4 is 10.1 Å². The Morgan fingerprint density at radius 3 is 2.88 bits per heavy atom. The predicted octanol–water partition coefficient (Wildman–Crippen LogP) is 3.04. The molecule has 3 heterocycles. The molecule has 1 spiro atoms. The zero-order valence-electron chi connectivity index (χ0n) is 14.7. The van der Waals surface area contributed by atoms with E-state index in [0.717, 1.165) is 36.8 Å². The van der Waals surface area contributed by atoms with Crippen molar-refractivity contribution < 1.29 is 9.53 Å². The minimum absolute atomic E-state index is 0.0835. The Morgan fingerprint density at radius 1 is 1.32 bits per heavy atom. The second-order valence-corrected chi connectivity index (χ2v) is 7.76. The van der Waals surface area contributed by atoms with Gasteiger partial charge in [0, 0.05) is 36.1 Å². The van der Waals surface area contributed by atoms with Crippen LogP contribution in [0.1, 0.15) is 54.6 Å². The first kappa shape index (κ1) is 16.1. The van der Waals surface area contributed by atoms with Crippen LogP contribution in [0.15, 0.2) is 36.8 Å². The summed E-state index contributed by atoms with van der Waals surface area (Å²) in [4.78, 5) is 21.0. The van der Waals surface area contributed by atoms with E-state index in [0.29, 0.717) is 18.0 Å². The normalized spacial score (nSPS) is 19.0. The number of fused-ring (bicyclic) bond motifs is 2. The van der Waals surface area contributed by atoms with E-state index < -0.39 is 0 Å². The van der Waals surface area contributed by atoms with Crippen LogP contribution in [-0.4, -0.2) is 28.0 Å². The highest BCUT2D eigenvalue weighted by Gasteiger charge is 2.53. The van der Waals surface area contributed by atoms with Gasteiger partial charge >= 0.3 is 0 Å². The van der Waals surface area contributed by atoms with E-state index in [4.69, 9.17) is 4.74 Å². The van der Waals surface area contributed by atoms with Gasteiger partial charge in [0.25, 0.3) is 5.91 Å². The third-order valence-electron chi connectivity index (χ3n) is 5.10. The zero-order chi connectivity index (χ0) is 17.5. The van der Waals surface area contributed by atoms with Crippen LogP contribution in [0, 0.1) is 0 Å². The van der Waals surface area contributed by atoms with Crippen molar-refractivity contribution >= 4 is 5.91 Å². The van der Waals surface area contributed by atoms with Gasteiger partial charge in [-0.25, -0.2) is 4.98 Å². The first-order valence-electron chi connectivity index (χ1n) is 8.84. The number of nitrogens with one attached hydrogen (secondary N) is 1. The number of carbonyl (C=O) groups excluding carboxylic acids is 1. The van der Waals surface area contributed by atoms with E-state index in [1.54, 1.807) is 12.4 Å². The molecule has 25 heavy (non-hydrogen) atoms. The minimum Gasteiger partial charge on any atom is -0.471 e. The Kier molecular flexibility index (Phi) is 3.74. The quantitative estimate of drug-likeness (QED) is 0.931. The van der Waals surface area contributed by atoms with Crippen LogP contribution in [0.4, 0.5) is 0 Å². The molecule has 1 aliphatic carbocycles. The fraction of sp³-hybridized carbons (Fsp3) is 0.450. The number of hydrogen-bond donors (Lipinski definition) is 1. The van der Waals surface area contributed by atoms with Gasteiger partial charge < -0.3 is 10.1 Å². The van der Waals surface area contributed by atoms with Crippen molar-refractivity contribution in [3.8, 4) is 5.88 Å². The molecule has 2 aromatic rings. The number of hydrogen-bond acceptors (Lipinski definition) is 4.